The van der Waals surface area contributed by atoms with Gasteiger partial charge in [0.25, 0.3) is 0 Å². The van der Waals surface area contributed by atoms with Crippen molar-refractivity contribution in [1.82, 2.24) is 20.6 Å². The molecule has 0 aliphatic carbocycles. The number of hydrogen-bond acceptors (Lipinski definition) is 9. The average Bonchev–Trinajstić information content (AvgIpc) is 3.25. The minimum Gasteiger partial charge on any atom is -0.380 e. The highest BCUT2D eigenvalue weighted by molar-refractivity contribution is 7.94. The van der Waals surface area contributed by atoms with E-state index in [1.165, 1.54) is 4.88 Å². The van der Waals surface area contributed by atoms with Crippen LogP contribution in [0, 0.1) is 0 Å². The highest BCUT2D eigenvalue weighted by Crippen LogP contribution is 2.37. The predicted octanol–water partition coefficient (Wildman–Crippen LogP) is 3.02. The van der Waals surface area contributed by atoms with Crippen LogP contribution in [-0.2, 0) is 15.9 Å². The molecule has 0 saturated heterocycles. The van der Waals surface area contributed by atoms with Crippen molar-refractivity contribution < 1.29 is 9.32 Å². The Morgan fingerprint density at radius 2 is 2.35 bits per heavy atom. The highest BCUT2D eigenvalue weighted by Gasteiger charge is 2.15. The molecule has 0 bridgehead atoms. The summed E-state index contributed by atoms with van der Waals surface area (Å²) < 4.78 is 4.66. The molecule has 0 saturated carbocycles. The first-order valence-corrected chi connectivity index (χ1v) is 8.31. The Hall–Kier alpha value is -1.69. The fraction of sp³-hybridized carbons (Fsp3) is 0.0833. The van der Waals surface area contributed by atoms with Crippen molar-refractivity contribution in [3.05, 3.63) is 39.5 Å². The van der Waals surface area contributed by atoms with E-state index in [1.54, 1.807) is 23.5 Å². The van der Waals surface area contributed by atoms with Gasteiger partial charge in [0, 0.05) is 22.7 Å². The zero-order valence-electron chi connectivity index (χ0n) is 11.5. The summed E-state index contributed by atoms with van der Waals surface area (Å²) >= 11 is 8.82. The van der Waals surface area contributed by atoms with Crippen molar-refractivity contribution in [1.29, 1.82) is 0 Å². The van der Waals surface area contributed by atoms with Crippen molar-refractivity contribution in [2.75, 3.05) is 5.32 Å². The van der Waals surface area contributed by atoms with Crippen LogP contribution in [0.4, 0.5) is 5.69 Å². The van der Waals surface area contributed by atoms with E-state index >= 15 is 0 Å². The summed E-state index contributed by atoms with van der Waals surface area (Å²) in [7, 11) is 0. The molecule has 2 aromatic heterocycles. The lowest BCUT2D eigenvalue weighted by Crippen LogP contribution is -2.01. The van der Waals surface area contributed by atoms with Crippen molar-refractivity contribution in [2.24, 2.45) is 5.90 Å². The number of anilines is 1. The van der Waals surface area contributed by atoms with Crippen LogP contribution in [-0.4, -0.2) is 20.6 Å². The first-order chi connectivity index (χ1) is 11.3. The Balaban J connectivity index is 1.91. The molecule has 8 nitrogen and oxygen atoms in total. The fourth-order valence-electron chi connectivity index (χ4n) is 1.88. The average molecular weight is 371 g/mol. The summed E-state index contributed by atoms with van der Waals surface area (Å²) in [5, 5.41) is 19.9. The fourth-order valence-corrected chi connectivity index (χ4v) is 3.20. The van der Waals surface area contributed by atoms with Crippen LogP contribution in [0.2, 0.25) is 5.02 Å². The maximum atomic E-state index is 6.26. The standard InChI is InChI=1S/C12H11ClN6O2S2/c13-9-5-10(15-6-7-2-1-3-22-7)8(12-16-18-19-17-12)4-11(9)23-21-20-14/h1-5,15H,6,14H2,(H,16,17,18,19). The van der Waals surface area contributed by atoms with Crippen molar-refractivity contribution in [3.8, 4) is 11.4 Å². The van der Waals surface area contributed by atoms with E-state index in [2.05, 4.69) is 35.3 Å². The monoisotopic (exact) mass is 370 g/mol. The molecular formula is C12H11ClN6O2S2. The van der Waals surface area contributed by atoms with Gasteiger partial charge in [-0.1, -0.05) is 17.7 Å². The molecule has 0 amide bonds. The van der Waals surface area contributed by atoms with Crippen LogP contribution >= 0.6 is 35.0 Å². The molecule has 23 heavy (non-hydrogen) atoms. The van der Waals surface area contributed by atoms with E-state index in [0.29, 0.717) is 22.3 Å². The lowest BCUT2D eigenvalue weighted by atomic mass is 10.1. The van der Waals surface area contributed by atoms with Gasteiger partial charge in [-0.05, 0) is 28.8 Å². The van der Waals surface area contributed by atoms with Crippen LogP contribution in [0.5, 0.6) is 0 Å². The molecule has 0 radical (unpaired) electrons. The number of rotatable bonds is 7. The van der Waals surface area contributed by atoms with E-state index in [-0.39, 0.29) is 0 Å². The molecule has 2 heterocycles. The smallest absolute Gasteiger partial charge is 0.206 e. The molecule has 0 fully saturated rings. The molecule has 3 rings (SSSR count). The van der Waals surface area contributed by atoms with E-state index in [4.69, 9.17) is 17.5 Å². The zero-order chi connectivity index (χ0) is 16.1. The van der Waals surface area contributed by atoms with Gasteiger partial charge in [0.15, 0.2) is 0 Å². The Morgan fingerprint density at radius 1 is 1.43 bits per heavy atom. The largest absolute Gasteiger partial charge is 0.380 e. The summed E-state index contributed by atoms with van der Waals surface area (Å²) in [4.78, 5) is 5.90. The van der Waals surface area contributed by atoms with Crippen LogP contribution in [0.25, 0.3) is 11.4 Å². The van der Waals surface area contributed by atoms with Gasteiger partial charge in [-0.15, -0.1) is 30.9 Å². The Labute approximate surface area is 144 Å². The van der Waals surface area contributed by atoms with Crippen molar-refractivity contribution in [3.63, 3.8) is 0 Å². The third-order valence-corrected chi connectivity index (χ3v) is 4.82. The van der Waals surface area contributed by atoms with Crippen LogP contribution < -0.4 is 11.2 Å². The SMILES string of the molecule is NOOSc1cc(-c2nn[nH]n2)c(NCc2cccs2)cc1Cl. The number of aromatic nitrogens is 4. The number of aromatic amines is 1. The van der Waals surface area contributed by atoms with Gasteiger partial charge in [-0.2, -0.15) is 11.1 Å². The second kappa shape index (κ2) is 7.73. The van der Waals surface area contributed by atoms with E-state index in [9.17, 15) is 0 Å². The molecular weight excluding hydrogens is 360 g/mol. The van der Waals surface area contributed by atoms with Gasteiger partial charge in [0.1, 0.15) is 0 Å². The van der Waals surface area contributed by atoms with Crippen LogP contribution in [0.1, 0.15) is 4.88 Å². The predicted molar refractivity (Wildman–Crippen MR) is 88.5 cm³/mol. The molecule has 4 N–H and O–H groups in total. The number of tetrazole rings is 1. The highest BCUT2D eigenvalue weighted by atomic mass is 35.5. The lowest BCUT2D eigenvalue weighted by Gasteiger charge is -2.12. The van der Waals surface area contributed by atoms with Gasteiger partial charge in [0.05, 0.1) is 22.0 Å². The number of thiophene rings is 1. The number of H-pyrrole nitrogens is 1. The summed E-state index contributed by atoms with van der Waals surface area (Å²) in [5.41, 5.74) is 1.51. The van der Waals surface area contributed by atoms with Crippen LogP contribution in [0.15, 0.2) is 34.5 Å². The summed E-state index contributed by atoms with van der Waals surface area (Å²) in [5.74, 6) is 5.29. The molecule has 0 aliphatic rings. The first kappa shape index (κ1) is 16.2. The number of benzene rings is 1. The second-order valence-electron chi connectivity index (χ2n) is 4.24. The normalized spacial score (nSPS) is 10.9. The van der Waals surface area contributed by atoms with E-state index < -0.39 is 0 Å². The number of halogens is 1. The third kappa shape index (κ3) is 3.99. The summed E-state index contributed by atoms with van der Waals surface area (Å²) in [6.07, 6.45) is 0. The van der Waals surface area contributed by atoms with Crippen molar-refractivity contribution >= 4 is 40.7 Å². The van der Waals surface area contributed by atoms with Gasteiger partial charge >= 0.3 is 0 Å². The Bertz CT molecular complexity index is 753. The molecule has 11 heteroatoms. The quantitative estimate of drug-likeness (QED) is 0.330. The van der Waals surface area contributed by atoms with Crippen molar-refractivity contribution in [2.45, 2.75) is 11.4 Å². The number of nitrogens with one attached hydrogen (secondary N) is 2. The molecule has 0 aliphatic heterocycles. The molecule has 1 aromatic carbocycles. The maximum Gasteiger partial charge on any atom is 0.206 e. The number of nitrogens with zero attached hydrogens (tertiary/aromatic N) is 3. The Kier molecular flexibility index (Phi) is 5.43. The first-order valence-electron chi connectivity index (χ1n) is 6.31. The molecule has 0 atom stereocenters. The maximum absolute atomic E-state index is 6.26. The van der Waals surface area contributed by atoms with Gasteiger partial charge in [0.2, 0.25) is 5.82 Å². The van der Waals surface area contributed by atoms with Gasteiger partial charge in [-0.3, -0.25) is 0 Å². The second-order valence-corrected chi connectivity index (χ2v) is 6.43. The molecule has 3 aromatic rings. The zero-order valence-corrected chi connectivity index (χ0v) is 13.9. The molecule has 120 valence electrons. The minimum atomic E-state index is 0.436. The van der Waals surface area contributed by atoms with Gasteiger partial charge < -0.3 is 5.32 Å². The molecule has 0 unspecified atom stereocenters. The number of hydrogen-bond donors (Lipinski definition) is 3. The van der Waals surface area contributed by atoms with E-state index in [0.717, 1.165) is 23.3 Å². The van der Waals surface area contributed by atoms with Gasteiger partial charge in [-0.25, -0.2) is 0 Å². The number of nitrogens with two attached hydrogens (primary N) is 1. The molecule has 0 spiro atoms. The Morgan fingerprint density at radius 3 is 3.04 bits per heavy atom. The minimum absolute atomic E-state index is 0.436. The third-order valence-electron chi connectivity index (χ3n) is 2.85. The van der Waals surface area contributed by atoms with E-state index in [1.807, 2.05) is 17.5 Å². The lowest BCUT2D eigenvalue weighted by molar-refractivity contribution is -0.195. The topological polar surface area (TPSA) is 111 Å². The summed E-state index contributed by atoms with van der Waals surface area (Å²) in [6.45, 7) is 0.660. The van der Waals surface area contributed by atoms with Crippen LogP contribution in [0.3, 0.4) is 0 Å². The summed E-state index contributed by atoms with van der Waals surface area (Å²) in [6, 6.07) is 7.58.